The van der Waals surface area contributed by atoms with Crippen molar-refractivity contribution in [2.24, 2.45) is 0 Å². The third kappa shape index (κ3) is 2.58. The standard InChI is InChI=1S/C8H16N2/c1-6-7-8(9(2)3)10(4)5/h6-7H,1H2,2-5H3. The minimum absolute atomic E-state index is 1.15. The van der Waals surface area contributed by atoms with Gasteiger partial charge in [-0.3, -0.25) is 0 Å². The summed E-state index contributed by atoms with van der Waals surface area (Å²) in [7, 11) is 8.04. The lowest BCUT2D eigenvalue weighted by atomic mass is 10.5. The molecule has 0 aliphatic rings. The van der Waals surface area contributed by atoms with Crippen molar-refractivity contribution >= 4 is 0 Å². The van der Waals surface area contributed by atoms with Gasteiger partial charge in [0.1, 0.15) is 5.82 Å². The Hall–Kier alpha value is -0.920. The average molecular weight is 140 g/mol. The smallest absolute Gasteiger partial charge is 0.103 e. The van der Waals surface area contributed by atoms with Gasteiger partial charge in [-0.15, -0.1) is 0 Å². The number of hydrogen-bond donors (Lipinski definition) is 0. The highest BCUT2D eigenvalue weighted by molar-refractivity contribution is 5.06. The van der Waals surface area contributed by atoms with Gasteiger partial charge in [-0.1, -0.05) is 12.7 Å². The SMILES string of the molecule is C=CC=C(N(C)C)N(C)C. The molecule has 0 fully saturated rings. The van der Waals surface area contributed by atoms with Gasteiger partial charge in [0, 0.05) is 28.2 Å². The minimum Gasteiger partial charge on any atom is -0.364 e. The Kier molecular flexibility index (Phi) is 3.62. The first-order valence-electron chi connectivity index (χ1n) is 3.27. The fourth-order valence-electron chi connectivity index (χ4n) is 0.804. The fourth-order valence-corrected chi connectivity index (χ4v) is 0.804. The molecule has 0 heterocycles. The average Bonchev–Trinajstić information content (AvgIpc) is 1.81. The van der Waals surface area contributed by atoms with Gasteiger partial charge >= 0.3 is 0 Å². The summed E-state index contributed by atoms with van der Waals surface area (Å²) in [5.74, 6) is 1.15. The van der Waals surface area contributed by atoms with E-state index in [1.807, 2.05) is 44.1 Å². The zero-order valence-corrected chi connectivity index (χ0v) is 7.26. The molecule has 0 spiro atoms. The van der Waals surface area contributed by atoms with E-state index >= 15 is 0 Å². The Morgan fingerprint density at radius 3 is 1.60 bits per heavy atom. The summed E-state index contributed by atoms with van der Waals surface area (Å²) in [6.07, 6.45) is 3.76. The number of hydrogen-bond acceptors (Lipinski definition) is 2. The lowest BCUT2D eigenvalue weighted by Gasteiger charge is -2.23. The Bertz CT molecular complexity index is 124. The van der Waals surface area contributed by atoms with E-state index in [1.54, 1.807) is 6.08 Å². The van der Waals surface area contributed by atoms with E-state index in [0.717, 1.165) is 5.82 Å². The van der Waals surface area contributed by atoms with Gasteiger partial charge in [-0.2, -0.15) is 0 Å². The molecule has 0 aliphatic carbocycles. The normalized spacial score (nSPS) is 8.40. The van der Waals surface area contributed by atoms with Gasteiger partial charge < -0.3 is 9.80 Å². The lowest BCUT2D eigenvalue weighted by molar-refractivity contribution is 0.343. The molecule has 2 heteroatoms. The lowest BCUT2D eigenvalue weighted by Crippen LogP contribution is -2.24. The first-order valence-corrected chi connectivity index (χ1v) is 3.27. The van der Waals surface area contributed by atoms with E-state index in [9.17, 15) is 0 Å². The molecular formula is C8H16N2. The molecule has 0 rings (SSSR count). The van der Waals surface area contributed by atoms with E-state index in [-0.39, 0.29) is 0 Å². The van der Waals surface area contributed by atoms with E-state index in [4.69, 9.17) is 0 Å². The Labute approximate surface area is 63.4 Å². The third-order valence-electron chi connectivity index (χ3n) is 1.18. The van der Waals surface area contributed by atoms with E-state index in [2.05, 4.69) is 6.58 Å². The predicted molar refractivity (Wildman–Crippen MR) is 45.7 cm³/mol. The number of allylic oxidation sites excluding steroid dienone is 2. The topological polar surface area (TPSA) is 6.48 Å². The van der Waals surface area contributed by atoms with Gasteiger partial charge in [0.15, 0.2) is 0 Å². The molecule has 0 aromatic carbocycles. The maximum Gasteiger partial charge on any atom is 0.103 e. The van der Waals surface area contributed by atoms with Gasteiger partial charge in [-0.25, -0.2) is 0 Å². The van der Waals surface area contributed by atoms with Crippen LogP contribution in [0.5, 0.6) is 0 Å². The third-order valence-corrected chi connectivity index (χ3v) is 1.18. The van der Waals surface area contributed by atoms with E-state index in [1.165, 1.54) is 0 Å². The van der Waals surface area contributed by atoms with E-state index < -0.39 is 0 Å². The van der Waals surface area contributed by atoms with Crippen molar-refractivity contribution in [2.75, 3.05) is 28.2 Å². The highest BCUT2D eigenvalue weighted by Crippen LogP contribution is 2.00. The van der Waals surface area contributed by atoms with Gasteiger partial charge in [0.05, 0.1) is 0 Å². The quantitative estimate of drug-likeness (QED) is 0.542. The van der Waals surface area contributed by atoms with Crippen LogP contribution in [0.4, 0.5) is 0 Å². The molecule has 0 saturated carbocycles. The zero-order valence-electron chi connectivity index (χ0n) is 7.26. The molecule has 0 amide bonds. The van der Waals surface area contributed by atoms with Crippen molar-refractivity contribution in [3.63, 3.8) is 0 Å². The second-order valence-electron chi connectivity index (χ2n) is 2.55. The molecule has 0 aliphatic heterocycles. The van der Waals surface area contributed by atoms with Crippen molar-refractivity contribution in [1.82, 2.24) is 9.80 Å². The first kappa shape index (κ1) is 9.08. The van der Waals surface area contributed by atoms with Crippen LogP contribution in [-0.2, 0) is 0 Å². The molecule has 0 unspecified atom stereocenters. The minimum atomic E-state index is 1.15. The molecule has 0 aromatic heterocycles. The Morgan fingerprint density at radius 1 is 1.10 bits per heavy atom. The molecule has 0 saturated heterocycles. The second-order valence-corrected chi connectivity index (χ2v) is 2.55. The largest absolute Gasteiger partial charge is 0.364 e. The summed E-state index contributed by atoms with van der Waals surface area (Å²) < 4.78 is 0. The summed E-state index contributed by atoms with van der Waals surface area (Å²) in [5.41, 5.74) is 0. The highest BCUT2D eigenvalue weighted by atomic mass is 15.3. The molecular weight excluding hydrogens is 124 g/mol. The van der Waals surface area contributed by atoms with Crippen LogP contribution in [0.2, 0.25) is 0 Å². The summed E-state index contributed by atoms with van der Waals surface area (Å²) >= 11 is 0. The molecule has 0 aromatic rings. The zero-order chi connectivity index (χ0) is 8.15. The van der Waals surface area contributed by atoms with Crippen LogP contribution in [-0.4, -0.2) is 38.0 Å². The van der Waals surface area contributed by atoms with Crippen LogP contribution in [0.15, 0.2) is 24.6 Å². The van der Waals surface area contributed by atoms with Crippen LogP contribution in [0.25, 0.3) is 0 Å². The molecule has 2 nitrogen and oxygen atoms in total. The van der Waals surface area contributed by atoms with Crippen LogP contribution in [0, 0.1) is 0 Å². The van der Waals surface area contributed by atoms with Gasteiger partial charge in [-0.05, 0) is 6.08 Å². The monoisotopic (exact) mass is 140 g/mol. The van der Waals surface area contributed by atoms with Crippen LogP contribution < -0.4 is 0 Å². The fraction of sp³-hybridized carbons (Fsp3) is 0.500. The number of nitrogens with zero attached hydrogens (tertiary/aromatic N) is 2. The first-order chi connectivity index (χ1) is 4.59. The summed E-state index contributed by atoms with van der Waals surface area (Å²) in [6, 6.07) is 0. The summed E-state index contributed by atoms with van der Waals surface area (Å²) in [4.78, 5) is 4.09. The summed E-state index contributed by atoms with van der Waals surface area (Å²) in [6.45, 7) is 3.64. The maximum atomic E-state index is 3.64. The van der Waals surface area contributed by atoms with Crippen molar-refractivity contribution in [1.29, 1.82) is 0 Å². The second kappa shape index (κ2) is 3.99. The van der Waals surface area contributed by atoms with Crippen LogP contribution in [0.1, 0.15) is 0 Å². The van der Waals surface area contributed by atoms with E-state index in [0.29, 0.717) is 0 Å². The Balaban J connectivity index is 4.26. The highest BCUT2D eigenvalue weighted by Gasteiger charge is 1.98. The molecule has 0 atom stereocenters. The van der Waals surface area contributed by atoms with Gasteiger partial charge in [0.25, 0.3) is 0 Å². The van der Waals surface area contributed by atoms with Crippen molar-refractivity contribution in [3.8, 4) is 0 Å². The van der Waals surface area contributed by atoms with Crippen molar-refractivity contribution in [2.45, 2.75) is 0 Å². The van der Waals surface area contributed by atoms with Crippen molar-refractivity contribution < 1.29 is 0 Å². The summed E-state index contributed by atoms with van der Waals surface area (Å²) in [5, 5.41) is 0. The molecule has 0 bridgehead atoms. The molecule has 0 N–H and O–H groups in total. The maximum absolute atomic E-state index is 3.64. The molecule has 0 radical (unpaired) electrons. The van der Waals surface area contributed by atoms with Gasteiger partial charge in [0.2, 0.25) is 0 Å². The van der Waals surface area contributed by atoms with Crippen LogP contribution in [0.3, 0.4) is 0 Å². The van der Waals surface area contributed by atoms with Crippen molar-refractivity contribution in [3.05, 3.63) is 24.6 Å². The molecule has 10 heavy (non-hydrogen) atoms. The predicted octanol–water partition coefficient (Wildman–Crippen LogP) is 1.14. The van der Waals surface area contributed by atoms with Crippen LogP contribution >= 0.6 is 0 Å². The molecule has 58 valence electrons. The Morgan fingerprint density at radius 2 is 1.50 bits per heavy atom. The number of rotatable bonds is 3.